The molecule has 0 saturated carbocycles. The summed E-state index contributed by atoms with van der Waals surface area (Å²) in [5.41, 5.74) is 0.429. The smallest absolute Gasteiger partial charge is 0.241 e. The van der Waals surface area contributed by atoms with E-state index in [1.54, 1.807) is 36.4 Å². The van der Waals surface area contributed by atoms with Crippen LogP contribution in [-0.4, -0.2) is 29.0 Å². The van der Waals surface area contributed by atoms with Gasteiger partial charge in [-0.05, 0) is 35.4 Å². The summed E-state index contributed by atoms with van der Waals surface area (Å²) in [4.78, 5) is 57.1. The number of hydrogen-bond donors (Lipinski definition) is 0. The van der Waals surface area contributed by atoms with Crippen LogP contribution in [0.15, 0.2) is 91.0 Å². The molecule has 0 N–H and O–H groups in total. The predicted octanol–water partition coefficient (Wildman–Crippen LogP) is 4.84. The van der Waals surface area contributed by atoms with E-state index in [0.29, 0.717) is 11.3 Å². The number of ether oxygens (including phenoxy) is 1. The Morgan fingerprint density at radius 3 is 2.03 bits per heavy atom. The van der Waals surface area contributed by atoms with Gasteiger partial charge in [-0.15, -0.1) is 0 Å². The number of anilines is 1. The van der Waals surface area contributed by atoms with E-state index >= 15 is 0 Å². The molecular formula is C31H21NO5. The van der Waals surface area contributed by atoms with Gasteiger partial charge < -0.3 is 4.74 Å². The summed E-state index contributed by atoms with van der Waals surface area (Å²) in [5.74, 6) is -4.46. The Kier molecular flexibility index (Phi) is 4.45. The topological polar surface area (TPSA) is 80.8 Å². The van der Waals surface area contributed by atoms with E-state index in [2.05, 4.69) is 0 Å². The Morgan fingerprint density at radius 1 is 0.703 bits per heavy atom. The maximum absolute atomic E-state index is 14.0. The van der Waals surface area contributed by atoms with E-state index in [1.807, 2.05) is 61.5 Å². The quantitative estimate of drug-likeness (QED) is 0.299. The molecule has 1 spiro atoms. The fourth-order valence-corrected chi connectivity index (χ4v) is 6.25. The lowest BCUT2D eigenvalue weighted by Crippen LogP contribution is -2.51. The van der Waals surface area contributed by atoms with Crippen molar-refractivity contribution in [2.24, 2.45) is 11.8 Å². The van der Waals surface area contributed by atoms with Crippen LogP contribution < -0.4 is 4.90 Å². The van der Waals surface area contributed by atoms with Gasteiger partial charge in [0.2, 0.25) is 29.0 Å². The van der Waals surface area contributed by atoms with Gasteiger partial charge in [-0.2, -0.15) is 0 Å². The molecule has 2 fully saturated rings. The van der Waals surface area contributed by atoms with Gasteiger partial charge in [0, 0.05) is 11.1 Å². The van der Waals surface area contributed by atoms with Gasteiger partial charge in [0.15, 0.2) is 0 Å². The first-order valence-corrected chi connectivity index (χ1v) is 12.2. The summed E-state index contributed by atoms with van der Waals surface area (Å²) in [6, 6.07) is 26.9. The van der Waals surface area contributed by atoms with Crippen LogP contribution in [0.25, 0.3) is 10.8 Å². The molecule has 3 atom stereocenters. The molecule has 3 aliphatic rings. The molecule has 7 rings (SSSR count). The Balaban J connectivity index is 1.46. The van der Waals surface area contributed by atoms with E-state index in [9.17, 15) is 19.2 Å². The molecule has 1 aliphatic carbocycles. The van der Waals surface area contributed by atoms with E-state index in [-0.39, 0.29) is 11.1 Å². The minimum absolute atomic E-state index is 0.221. The molecule has 2 heterocycles. The predicted molar refractivity (Wildman–Crippen MR) is 136 cm³/mol. The van der Waals surface area contributed by atoms with Crippen molar-refractivity contribution in [3.63, 3.8) is 0 Å². The fourth-order valence-electron chi connectivity index (χ4n) is 6.25. The average Bonchev–Trinajstić information content (AvgIpc) is 3.49. The third kappa shape index (κ3) is 2.73. The minimum atomic E-state index is -2.08. The number of ketones is 2. The average molecular weight is 488 g/mol. The third-order valence-electron chi connectivity index (χ3n) is 7.94. The maximum Gasteiger partial charge on any atom is 0.241 e. The van der Waals surface area contributed by atoms with E-state index in [1.165, 1.54) is 0 Å². The van der Waals surface area contributed by atoms with Crippen LogP contribution in [0, 0.1) is 18.8 Å². The molecule has 180 valence electrons. The van der Waals surface area contributed by atoms with Crippen molar-refractivity contribution < 1.29 is 23.9 Å². The summed E-state index contributed by atoms with van der Waals surface area (Å²) < 4.78 is 6.45. The maximum atomic E-state index is 14.0. The Hall–Kier alpha value is -4.42. The summed E-state index contributed by atoms with van der Waals surface area (Å²) in [7, 11) is 0. The van der Waals surface area contributed by atoms with Crippen molar-refractivity contribution in [3.05, 3.63) is 113 Å². The van der Waals surface area contributed by atoms with Crippen molar-refractivity contribution in [3.8, 4) is 0 Å². The largest absolute Gasteiger partial charge is 0.349 e. The lowest BCUT2D eigenvalue weighted by molar-refractivity contribution is -0.127. The highest BCUT2D eigenvalue weighted by Crippen LogP contribution is 2.58. The van der Waals surface area contributed by atoms with Gasteiger partial charge in [-0.1, -0.05) is 84.4 Å². The number of carbonyl (C=O) groups excluding carboxylic acids is 4. The highest BCUT2D eigenvalue weighted by atomic mass is 16.5. The van der Waals surface area contributed by atoms with Crippen LogP contribution in [0.3, 0.4) is 0 Å². The zero-order valence-electron chi connectivity index (χ0n) is 19.9. The molecule has 6 nitrogen and oxygen atoms in total. The summed E-state index contributed by atoms with van der Waals surface area (Å²) in [6.45, 7) is 1.92. The molecule has 6 heteroatoms. The minimum Gasteiger partial charge on any atom is -0.349 e. The highest BCUT2D eigenvalue weighted by Gasteiger charge is 2.74. The van der Waals surface area contributed by atoms with Gasteiger partial charge in [0.05, 0.1) is 23.6 Å². The molecule has 2 amide bonds. The monoisotopic (exact) mass is 487 g/mol. The number of benzene rings is 4. The number of carbonyl (C=O) groups is 4. The second-order valence-corrected chi connectivity index (χ2v) is 9.90. The molecule has 4 aromatic rings. The van der Waals surface area contributed by atoms with Crippen LogP contribution in [0.1, 0.15) is 37.9 Å². The Morgan fingerprint density at radius 2 is 1.32 bits per heavy atom. The fraction of sp³-hybridized carbons (Fsp3) is 0.161. The molecule has 2 saturated heterocycles. The molecule has 0 aromatic heterocycles. The lowest BCUT2D eigenvalue weighted by Gasteiger charge is -2.27. The highest BCUT2D eigenvalue weighted by molar-refractivity contribution is 6.37. The summed E-state index contributed by atoms with van der Waals surface area (Å²) in [5, 5.41) is 1.77. The lowest BCUT2D eigenvalue weighted by atomic mass is 9.77. The van der Waals surface area contributed by atoms with E-state index < -0.39 is 46.9 Å². The Bertz CT molecular complexity index is 1630. The first kappa shape index (κ1) is 21.8. The number of rotatable bonds is 2. The van der Waals surface area contributed by atoms with Crippen molar-refractivity contribution in [2.75, 3.05) is 4.90 Å². The Labute approximate surface area is 212 Å². The zero-order chi connectivity index (χ0) is 25.5. The van der Waals surface area contributed by atoms with Crippen molar-refractivity contribution in [2.45, 2.75) is 18.6 Å². The third-order valence-corrected chi connectivity index (χ3v) is 7.94. The summed E-state index contributed by atoms with van der Waals surface area (Å²) >= 11 is 0. The van der Waals surface area contributed by atoms with E-state index in [4.69, 9.17) is 4.74 Å². The van der Waals surface area contributed by atoms with E-state index in [0.717, 1.165) is 21.2 Å². The first-order chi connectivity index (χ1) is 17.9. The van der Waals surface area contributed by atoms with Crippen LogP contribution in [0.5, 0.6) is 0 Å². The first-order valence-electron chi connectivity index (χ1n) is 12.2. The molecule has 2 aliphatic heterocycles. The normalized spacial score (nSPS) is 23.8. The molecule has 0 radical (unpaired) electrons. The number of nitrogens with zero attached hydrogens (tertiary/aromatic N) is 1. The molecule has 37 heavy (non-hydrogen) atoms. The molecule has 4 aromatic carbocycles. The zero-order valence-corrected chi connectivity index (χ0v) is 19.9. The van der Waals surface area contributed by atoms with Crippen molar-refractivity contribution >= 4 is 39.8 Å². The van der Waals surface area contributed by atoms with Gasteiger partial charge >= 0.3 is 0 Å². The van der Waals surface area contributed by atoms with Gasteiger partial charge in [-0.25, -0.2) is 4.90 Å². The second kappa shape index (κ2) is 7.54. The summed E-state index contributed by atoms with van der Waals surface area (Å²) in [6.07, 6.45) is -0.954. The number of aryl methyl sites for hydroxylation is 1. The molecule has 0 unspecified atom stereocenters. The van der Waals surface area contributed by atoms with Gasteiger partial charge in [0.1, 0.15) is 0 Å². The number of amides is 2. The number of Topliss-reactive ketones (excluding diaryl/α,β-unsaturated/α-hetero) is 2. The van der Waals surface area contributed by atoms with Crippen LogP contribution >= 0.6 is 0 Å². The molecular weight excluding hydrogens is 466 g/mol. The SMILES string of the molecule is Cc1ccc(N2C(=O)[C@@H]3[C@@H](C2=O)C2(O[C@H]3c3cccc4ccccc34)C(=O)c3ccccc3C2=O)cc1. The molecule has 0 bridgehead atoms. The van der Waals surface area contributed by atoms with Gasteiger partial charge in [-0.3, -0.25) is 19.2 Å². The standard InChI is InChI=1S/C31H21NO5/c1-17-13-15-19(16-14-17)32-29(35)24-25(30(32)36)31(27(33)22-10-4-5-11-23(22)28(31)34)37-26(24)21-12-6-8-18-7-2-3-9-20(18)21/h2-16,24-26H,1H3/t24-,25+,26+/m1/s1. The number of hydrogen-bond acceptors (Lipinski definition) is 5. The van der Waals surface area contributed by atoms with Crippen LogP contribution in [0.4, 0.5) is 5.69 Å². The van der Waals surface area contributed by atoms with Crippen LogP contribution in [-0.2, 0) is 14.3 Å². The van der Waals surface area contributed by atoms with Crippen molar-refractivity contribution in [1.29, 1.82) is 0 Å². The number of fused-ring (bicyclic) bond motifs is 4. The van der Waals surface area contributed by atoms with Crippen molar-refractivity contribution in [1.82, 2.24) is 0 Å². The second-order valence-electron chi connectivity index (χ2n) is 9.90. The number of imide groups is 1. The van der Waals surface area contributed by atoms with Gasteiger partial charge in [0.25, 0.3) is 0 Å². The van der Waals surface area contributed by atoms with Crippen LogP contribution in [0.2, 0.25) is 0 Å².